The number of hydrazine groups is 1. The van der Waals surface area contributed by atoms with Crippen LogP contribution in [0.25, 0.3) is 0 Å². The van der Waals surface area contributed by atoms with Gasteiger partial charge < -0.3 is 9.67 Å². The van der Waals surface area contributed by atoms with Gasteiger partial charge in [-0.1, -0.05) is 0 Å². The van der Waals surface area contributed by atoms with E-state index in [2.05, 4.69) is 26.8 Å². The van der Waals surface area contributed by atoms with Crippen molar-refractivity contribution in [3.8, 4) is 0 Å². The summed E-state index contributed by atoms with van der Waals surface area (Å²) in [5.74, 6) is -1.17. The second kappa shape index (κ2) is 5.75. The lowest BCUT2D eigenvalue weighted by atomic mass is 10.1. The number of aliphatic hydroxyl groups excluding tert-OH is 1. The first-order valence-electron chi connectivity index (χ1n) is 6.09. The summed E-state index contributed by atoms with van der Waals surface area (Å²) in [6, 6.07) is 1.66. The number of aromatic nitrogens is 1. The minimum atomic E-state index is -0.610. The fraction of sp³-hybridized carbons (Fsp3) is 0.500. The van der Waals surface area contributed by atoms with E-state index in [0.29, 0.717) is 18.5 Å². The molecule has 1 fully saturated rings. The largest absolute Gasteiger partial charge is 0.392 e. The Hall–Kier alpha value is -1.34. The summed E-state index contributed by atoms with van der Waals surface area (Å²) in [7, 11) is 1.74. The van der Waals surface area contributed by atoms with E-state index in [4.69, 9.17) is 0 Å². The average molecular weight is 330 g/mol. The molecule has 2 atom stereocenters. The highest BCUT2D eigenvalue weighted by Crippen LogP contribution is 2.25. The van der Waals surface area contributed by atoms with Crippen molar-refractivity contribution in [1.82, 2.24) is 15.4 Å². The maximum absolute atomic E-state index is 11.8. The number of hydrogen-bond acceptors (Lipinski definition) is 3. The first kappa shape index (κ1) is 14.1. The van der Waals surface area contributed by atoms with Gasteiger partial charge in [-0.25, -0.2) is 0 Å². The summed E-state index contributed by atoms with van der Waals surface area (Å²) in [6.45, 7) is 0. The zero-order chi connectivity index (χ0) is 14.0. The van der Waals surface area contributed by atoms with Gasteiger partial charge in [0.1, 0.15) is 5.69 Å². The van der Waals surface area contributed by atoms with Gasteiger partial charge in [0.05, 0.1) is 12.0 Å². The molecule has 1 aliphatic carbocycles. The molecule has 0 bridgehead atoms. The second-order valence-corrected chi connectivity index (χ2v) is 5.62. The summed E-state index contributed by atoms with van der Waals surface area (Å²) >= 11 is 3.27. The number of nitrogens with zero attached hydrogens (tertiary/aromatic N) is 1. The van der Waals surface area contributed by atoms with E-state index in [9.17, 15) is 14.7 Å². The van der Waals surface area contributed by atoms with Crippen LogP contribution in [0.15, 0.2) is 16.7 Å². The van der Waals surface area contributed by atoms with Crippen molar-refractivity contribution in [3.63, 3.8) is 0 Å². The van der Waals surface area contributed by atoms with Crippen LogP contribution in [-0.4, -0.2) is 27.6 Å². The van der Waals surface area contributed by atoms with Gasteiger partial charge in [-0.15, -0.1) is 0 Å². The highest BCUT2D eigenvalue weighted by Gasteiger charge is 2.31. The molecule has 2 rings (SSSR count). The SMILES string of the molecule is Cn1cc(Br)cc1C(=O)NNC(=O)C1CCCC1O. The molecule has 104 valence electrons. The second-order valence-electron chi connectivity index (χ2n) is 4.70. The Labute approximate surface area is 119 Å². The summed E-state index contributed by atoms with van der Waals surface area (Å²) in [5.41, 5.74) is 5.15. The fourth-order valence-electron chi connectivity index (χ4n) is 2.27. The summed E-state index contributed by atoms with van der Waals surface area (Å²) in [5, 5.41) is 9.61. The van der Waals surface area contributed by atoms with Gasteiger partial charge in [0.25, 0.3) is 5.91 Å². The quantitative estimate of drug-likeness (QED) is 0.699. The van der Waals surface area contributed by atoms with Crippen LogP contribution < -0.4 is 10.9 Å². The molecule has 0 saturated heterocycles. The number of carbonyl (C=O) groups excluding carboxylic acids is 2. The molecule has 1 saturated carbocycles. The molecule has 1 heterocycles. The average Bonchev–Trinajstić information content (AvgIpc) is 2.91. The topological polar surface area (TPSA) is 83.4 Å². The van der Waals surface area contributed by atoms with Gasteiger partial charge in [0.15, 0.2) is 0 Å². The zero-order valence-electron chi connectivity index (χ0n) is 10.5. The highest BCUT2D eigenvalue weighted by atomic mass is 79.9. The van der Waals surface area contributed by atoms with Gasteiger partial charge in [-0.05, 0) is 41.3 Å². The molecular weight excluding hydrogens is 314 g/mol. The van der Waals surface area contributed by atoms with E-state index in [0.717, 1.165) is 10.9 Å². The Morgan fingerprint density at radius 2 is 2.16 bits per heavy atom. The first-order chi connectivity index (χ1) is 8.99. The molecule has 3 N–H and O–H groups in total. The van der Waals surface area contributed by atoms with E-state index in [1.165, 1.54) is 0 Å². The van der Waals surface area contributed by atoms with Crippen LogP contribution >= 0.6 is 15.9 Å². The van der Waals surface area contributed by atoms with Gasteiger partial charge in [0, 0.05) is 17.7 Å². The number of carbonyl (C=O) groups is 2. The summed E-state index contributed by atoms with van der Waals surface area (Å²) in [6.07, 6.45) is 3.26. The van der Waals surface area contributed by atoms with Gasteiger partial charge in [0.2, 0.25) is 5.91 Å². The maximum atomic E-state index is 11.8. The Morgan fingerprint density at radius 3 is 2.68 bits per heavy atom. The molecule has 0 aliphatic heterocycles. The molecule has 0 spiro atoms. The third-order valence-electron chi connectivity index (χ3n) is 3.32. The molecule has 1 aromatic rings. The lowest BCUT2D eigenvalue weighted by Crippen LogP contribution is -2.46. The smallest absolute Gasteiger partial charge is 0.286 e. The van der Waals surface area contributed by atoms with Crippen LogP contribution in [0.4, 0.5) is 0 Å². The highest BCUT2D eigenvalue weighted by molar-refractivity contribution is 9.10. The lowest BCUT2D eigenvalue weighted by molar-refractivity contribution is -0.128. The van der Waals surface area contributed by atoms with Gasteiger partial charge in [-0.2, -0.15) is 0 Å². The standard InChI is InChI=1S/C12H16BrN3O3/c1-16-6-7(13)5-9(16)12(19)15-14-11(18)8-3-2-4-10(8)17/h5-6,8,10,17H,2-4H2,1H3,(H,14,18)(H,15,19). The third kappa shape index (κ3) is 3.16. The Kier molecular flexibility index (Phi) is 4.26. The normalized spacial score (nSPS) is 22.3. The third-order valence-corrected chi connectivity index (χ3v) is 3.75. The van der Waals surface area contributed by atoms with Crippen LogP contribution in [-0.2, 0) is 11.8 Å². The molecule has 7 heteroatoms. The molecular formula is C12H16BrN3O3. The van der Waals surface area contributed by atoms with Crippen molar-refractivity contribution in [1.29, 1.82) is 0 Å². The predicted molar refractivity (Wildman–Crippen MR) is 72.1 cm³/mol. The number of amides is 2. The van der Waals surface area contributed by atoms with Crippen molar-refractivity contribution in [3.05, 3.63) is 22.4 Å². The number of hydrogen-bond donors (Lipinski definition) is 3. The van der Waals surface area contributed by atoms with Crippen molar-refractivity contribution in [2.45, 2.75) is 25.4 Å². The van der Waals surface area contributed by atoms with E-state index in [1.54, 1.807) is 23.9 Å². The first-order valence-corrected chi connectivity index (χ1v) is 6.88. The number of aliphatic hydroxyl groups is 1. The van der Waals surface area contributed by atoms with Gasteiger partial charge >= 0.3 is 0 Å². The fourth-order valence-corrected chi connectivity index (χ4v) is 2.80. The van der Waals surface area contributed by atoms with Crippen molar-refractivity contribution >= 4 is 27.7 Å². The molecule has 0 aromatic carbocycles. The van der Waals surface area contributed by atoms with Crippen LogP contribution in [0.1, 0.15) is 29.8 Å². The van der Waals surface area contributed by atoms with Crippen molar-refractivity contribution < 1.29 is 14.7 Å². The lowest BCUT2D eigenvalue weighted by Gasteiger charge is -2.14. The van der Waals surface area contributed by atoms with Crippen LogP contribution in [0.3, 0.4) is 0 Å². The van der Waals surface area contributed by atoms with Gasteiger partial charge in [-0.3, -0.25) is 20.4 Å². The minimum Gasteiger partial charge on any atom is -0.392 e. The number of halogens is 1. The van der Waals surface area contributed by atoms with Crippen LogP contribution in [0.2, 0.25) is 0 Å². The zero-order valence-corrected chi connectivity index (χ0v) is 12.1. The van der Waals surface area contributed by atoms with E-state index >= 15 is 0 Å². The van der Waals surface area contributed by atoms with E-state index in [-0.39, 0.29) is 5.91 Å². The molecule has 2 unspecified atom stereocenters. The maximum Gasteiger partial charge on any atom is 0.286 e. The van der Waals surface area contributed by atoms with Crippen molar-refractivity contribution in [2.24, 2.45) is 13.0 Å². The monoisotopic (exact) mass is 329 g/mol. The molecule has 6 nitrogen and oxygen atoms in total. The molecule has 19 heavy (non-hydrogen) atoms. The van der Waals surface area contributed by atoms with Crippen molar-refractivity contribution in [2.75, 3.05) is 0 Å². The number of aryl methyl sites for hydroxylation is 1. The van der Waals surface area contributed by atoms with Crippen LogP contribution in [0.5, 0.6) is 0 Å². The van der Waals surface area contributed by atoms with Crippen LogP contribution in [0, 0.1) is 5.92 Å². The van der Waals surface area contributed by atoms with E-state index in [1.807, 2.05) is 0 Å². The Morgan fingerprint density at radius 1 is 1.42 bits per heavy atom. The molecule has 0 radical (unpaired) electrons. The Bertz CT molecular complexity index is 500. The minimum absolute atomic E-state index is 0.341. The predicted octanol–water partition coefficient (Wildman–Crippen LogP) is 0.710. The number of nitrogens with one attached hydrogen (secondary N) is 2. The molecule has 1 aliphatic rings. The summed E-state index contributed by atoms with van der Waals surface area (Å²) in [4.78, 5) is 23.6. The molecule has 1 aromatic heterocycles. The molecule has 2 amide bonds. The van der Waals surface area contributed by atoms with E-state index < -0.39 is 17.9 Å². The summed E-state index contributed by atoms with van der Waals surface area (Å²) < 4.78 is 2.44. The number of rotatable bonds is 2. The Balaban J connectivity index is 1.90.